The summed E-state index contributed by atoms with van der Waals surface area (Å²) in [7, 11) is 0. The Morgan fingerprint density at radius 2 is 1.86 bits per heavy atom. The van der Waals surface area contributed by atoms with E-state index in [2.05, 4.69) is 56.7 Å². The van der Waals surface area contributed by atoms with E-state index in [1.54, 1.807) is 11.3 Å². The molecule has 1 aromatic heterocycles. The van der Waals surface area contributed by atoms with Crippen LogP contribution in [0.4, 0.5) is 0 Å². The SMILES string of the molecule is CCOc1cc([C@H]2Oc3ccccc3[C@@H]3CC(c4cccs4)=NN23)cc(Br)c1OCc1ccccc1. The van der Waals surface area contributed by atoms with Gasteiger partial charge in [-0.1, -0.05) is 54.6 Å². The highest BCUT2D eigenvalue weighted by molar-refractivity contribution is 9.10. The van der Waals surface area contributed by atoms with Crippen LogP contribution in [0.25, 0.3) is 0 Å². The minimum Gasteiger partial charge on any atom is -0.490 e. The summed E-state index contributed by atoms with van der Waals surface area (Å²) in [5.41, 5.74) is 4.30. The van der Waals surface area contributed by atoms with E-state index in [-0.39, 0.29) is 12.3 Å². The maximum absolute atomic E-state index is 6.56. The standard InChI is InChI=1S/C29H25BrN2O3S/c1-2-33-26-16-20(15-22(30)28(26)34-18-19-9-4-3-5-10-19)29-32-24(21-11-6-7-12-25(21)35-29)17-23(31-32)27-13-8-14-36-27/h3-16,24,29H,2,17-18H2,1H3/t24-,29+/m0/s1. The Labute approximate surface area is 223 Å². The topological polar surface area (TPSA) is 43.3 Å². The molecule has 182 valence electrons. The zero-order valence-corrected chi connectivity index (χ0v) is 22.2. The first-order chi connectivity index (χ1) is 17.7. The van der Waals surface area contributed by atoms with Crippen LogP contribution in [0.3, 0.4) is 0 Å². The van der Waals surface area contributed by atoms with Gasteiger partial charge in [-0.15, -0.1) is 11.3 Å². The van der Waals surface area contributed by atoms with Crippen molar-refractivity contribution in [3.63, 3.8) is 0 Å². The summed E-state index contributed by atoms with van der Waals surface area (Å²) >= 11 is 5.46. The maximum atomic E-state index is 6.56. The highest BCUT2D eigenvalue weighted by Gasteiger charge is 2.41. The van der Waals surface area contributed by atoms with E-state index in [0.29, 0.717) is 24.7 Å². The number of hydrogen-bond donors (Lipinski definition) is 0. The highest BCUT2D eigenvalue weighted by atomic mass is 79.9. The van der Waals surface area contributed by atoms with Gasteiger partial charge in [-0.2, -0.15) is 5.10 Å². The summed E-state index contributed by atoms with van der Waals surface area (Å²) in [6, 6.07) is 26.8. The highest BCUT2D eigenvalue weighted by Crippen LogP contribution is 2.49. The van der Waals surface area contributed by atoms with Crippen molar-refractivity contribution in [2.45, 2.75) is 32.2 Å². The van der Waals surface area contributed by atoms with Crippen molar-refractivity contribution in [3.05, 3.63) is 110 Å². The van der Waals surface area contributed by atoms with Crippen molar-refractivity contribution in [1.29, 1.82) is 0 Å². The first kappa shape index (κ1) is 23.1. The number of ether oxygens (including phenoxy) is 3. The monoisotopic (exact) mass is 560 g/mol. The van der Waals surface area contributed by atoms with Crippen molar-refractivity contribution >= 4 is 33.0 Å². The molecule has 5 nitrogen and oxygen atoms in total. The van der Waals surface area contributed by atoms with Crippen LogP contribution in [0.1, 0.15) is 47.2 Å². The van der Waals surface area contributed by atoms with Crippen molar-refractivity contribution in [1.82, 2.24) is 5.01 Å². The Morgan fingerprint density at radius 3 is 2.67 bits per heavy atom. The summed E-state index contributed by atoms with van der Waals surface area (Å²) in [5.74, 6) is 2.25. The summed E-state index contributed by atoms with van der Waals surface area (Å²) in [5, 5.41) is 9.25. The summed E-state index contributed by atoms with van der Waals surface area (Å²) in [4.78, 5) is 1.20. The van der Waals surface area contributed by atoms with Crippen molar-refractivity contribution in [2.24, 2.45) is 5.10 Å². The van der Waals surface area contributed by atoms with E-state index in [0.717, 1.165) is 39.0 Å². The van der Waals surface area contributed by atoms with Crippen LogP contribution in [0, 0.1) is 0 Å². The molecule has 0 N–H and O–H groups in total. The first-order valence-electron chi connectivity index (χ1n) is 12.0. The van der Waals surface area contributed by atoms with E-state index in [1.165, 1.54) is 4.88 Å². The number of para-hydroxylation sites is 1. The number of hydrazone groups is 1. The number of nitrogens with zero attached hydrogens (tertiary/aromatic N) is 2. The molecule has 0 fully saturated rings. The van der Waals surface area contributed by atoms with Gasteiger partial charge < -0.3 is 14.2 Å². The lowest BCUT2D eigenvalue weighted by atomic mass is 9.97. The second kappa shape index (κ2) is 9.99. The zero-order valence-electron chi connectivity index (χ0n) is 19.8. The van der Waals surface area contributed by atoms with E-state index >= 15 is 0 Å². The van der Waals surface area contributed by atoms with Crippen molar-refractivity contribution in [3.8, 4) is 17.2 Å². The van der Waals surface area contributed by atoms with E-state index in [1.807, 2.05) is 55.5 Å². The molecule has 7 heteroatoms. The number of benzene rings is 3. The molecule has 0 radical (unpaired) electrons. The van der Waals surface area contributed by atoms with Crippen LogP contribution < -0.4 is 14.2 Å². The first-order valence-corrected chi connectivity index (χ1v) is 13.7. The van der Waals surface area contributed by atoms with Gasteiger partial charge in [-0.05, 0) is 58.1 Å². The summed E-state index contributed by atoms with van der Waals surface area (Å²) in [6.07, 6.45) is 0.454. The van der Waals surface area contributed by atoms with E-state index in [4.69, 9.17) is 19.3 Å². The maximum Gasteiger partial charge on any atom is 0.214 e. The van der Waals surface area contributed by atoms with Crippen molar-refractivity contribution in [2.75, 3.05) is 6.61 Å². The second-order valence-electron chi connectivity index (χ2n) is 8.67. The largest absolute Gasteiger partial charge is 0.490 e. The summed E-state index contributed by atoms with van der Waals surface area (Å²) < 4.78 is 19.6. The van der Waals surface area contributed by atoms with Gasteiger partial charge in [-0.3, -0.25) is 0 Å². The molecule has 0 saturated carbocycles. The number of thiophene rings is 1. The molecule has 3 aromatic carbocycles. The lowest BCUT2D eigenvalue weighted by Crippen LogP contribution is -2.33. The third kappa shape index (κ3) is 4.38. The minimum absolute atomic E-state index is 0.111. The van der Waals surface area contributed by atoms with Gasteiger partial charge in [0.05, 0.1) is 27.7 Å². The Hall–Kier alpha value is -3.29. The second-order valence-corrected chi connectivity index (χ2v) is 10.5. The molecule has 0 amide bonds. The number of hydrogen-bond acceptors (Lipinski definition) is 6. The van der Waals surface area contributed by atoms with Gasteiger partial charge in [0.2, 0.25) is 6.23 Å². The average molecular weight is 562 g/mol. The van der Waals surface area contributed by atoms with Gasteiger partial charge >= 0.3 is 0 Å². The normalized spacial score (nSPS) is 18.2. The molecule has 2 atom stereocenters. The Morgan fingerprint density at radius 1 is 1.03 bits per heavy atom. The Kier molecular flexibility index (Phi) is 6.42. The smallest absolute Gasteiger partial charge is 0.214 e. The molecular formula is C29H25BrN2O3S. The fourth-order valence-corrected chi connectivity index (χ4v) is 6.00. The molecule has 0 spiro atoms. The van der Waals surface area contributed by atoms with Crippen LogP contribution in [0.15, 0.2) is 93.8 Å². The number of halogens is 1. The lowest BCUT2D eigenvalue weighted by Gasteiger charge is -2.38. The third-order valence-electron chi connectivity index (χ3n) is 6.35. The van der Waals surface area contributed by atoms with Crippen LogP contribution in [0.5, 0.6) is 17.2 Å². The fraction of sp³-hybridized carbons (Fsp3) is 0.207. The van der Waals surface area contributed by atoms with Gasteiger partial charge in [-0.25, -0.2) is 5.01 Å². The number of fused-ring (bicyclic) bond motifs is 3. The van der Waals surface area contributed by atoms with E-state index in [9.17, 15) is 0 Å². The lowest BCUT2D eigenvalue weighted by molar-refractivity contribution is -0.0192. The molecule has 0 saturated heterocycles. The molecule has 3 heterocycles. The number of rotatable bonds is 7. The van der Waals surface area contributed by atoms with Crippen LogP contribution in [-0.4, -0.2) is 17.3 Å². The molecule has 2 aliphatic rings. The Bertz CT molecular complexity index is 1390. The zero-order chi connectivity index (χ0) is 24.5. The van der Waals surface area contributed by atoms with Crippen LogP contribution in [-0.2, 0) is 6.61 Å². The van der Waals surface area contributed by atoms with Gasteiger partial charge in [0.15, 0.2) is 11.5 Å². The Balaban J connectivity index is 1.37. The molecule has 36 heavy (non-hydrogen) atoms. The molecular weight excluding hydrogens is 536 g/mol. The van der Waals surface area contributed by atoms with Gasteiger partial charge in [0.25, 0.3) is 0 Å². The van der Waals surface area contributed by atoms with Crippen molar-refractivity contribution < 1.29 is 14.2 Å². The van der Waals surface area contributed by atoms with Gasteiger partial charge in [0.1, 0.15) is 12.4 Å². The predicted molar refractivity (Wildman–Crippen MR) is 146 cm³/mol. The molecule has 0 unspecified atom stereocenters. The molecule has 2 aliphatic heterocycles. The average Bonchev–Trinajstić information content (AvgIpc) is 3.59. The minimum atomic E-state index is -0.388. The van der Waals surface area contributed by atoms with Crippen LogP contribution >= 0.6 is 27.3 Å². The third-order valence-corrected chi connectivity index (χ3v) is 7.86. The summed E-state index contributed by atoms with van der Waals surface area (Å²) in [6.45, 7) is 2.96. The quantitative estimate of drug-likeness (QED) is 0.232. The molecule has 0 bridgehead atoms. The molecule has 0 aliphatic carbocycles. The van der Waals surface area contributed by atoms with Gasteiger partial charge in [0, 0.05) is 17.5 Å². The van der Waals surface area contributed by atoms with E-state index < -0.39 is 0 Å². The molecule has 6 rings (SSSR count). The molecule has 4 aromatic rings. The van der Waals surface area contributed by atoms with Crippen LogP contribution in [0.2, 0.25) is 0 Å². The predicted octanol–water partition coefficient (Wildman–Crippen LogP) is 7.73. The fourth-order valence-electron chi connectivity index (χ4n) is 4.71.